The minimum Gasteiger partial charge on any atom is -0.237 e. The number of rotatable bonds is 4. The molecule has 0 fully saturated rings. The van der Waals surface area contributed by atoms with E-state index < -0.39 is 0 Å². The summed E-state index contributed by atoms with van der Waals surface area (Å²) >= 11 is 0. The maximum absolute atomic E-state index is 4.65. The zero-order valence-corrected chi connectivity index (χ0v) is 11.2. The summed E-state index contributed by atoms with van der Waals surface area (Å²) < 4.78 is 0. The summed E-state index contributed by atoms with van der Waals surface area (Å²) in [5, 5.41) is 0. The van der Waals surface area contributed by atoms with E-state index in [9.17, 15) is 0 Å². The number of hydrogen-bond donors (Lipinski definition) is 0. The largest absolute Gasteiger partial charge is 0.237 e. The Morgan fingerprint density at radius 1 is 0.700 bits per heavy atom. The van der Waals surface area contributed by atoms with E-state index in [0.717, 1.165) is 29.9 Å². The molecule has 98 valence electrons. The lowest BCUT2D eigenvalue weighted by atomic mass is 10.1. The Morgan fingerprint density at radius 3 is 2.15 bits per heavy atom. The second-order valence-corrected chi connectivity index (χ2v) is 4.72. The molecule has 0 aliphatic carbocycles. The molecule has 20 heavy (non-hydrogen) atoms. The van der Waals surface area contributed by atoms with Gasteiger partial charge in [-0.15, -0.1) is 0 Å². The molecule has 3 aromatic rings. The van der Waals surface area contributed by atoms with Gasteiger partial charge >= 0.3 is 0 Å². The lowest BCUT2D eigenvalue weighted by Gasteiger charge is -2.04. The monoisotopic (exact) mass is 260 g/mol. The first-order chi connectivity index (χ1) is 9.92. The Balaban J connectivity index is 1.75. The molecule has 2 aromatic carbocycles. The van der Waals surface area contributed by atoms with Crippen molar-refractivity contribution >= 4 is 0 Å². The molecule has 0 spiro atoms. The van der Waals surface area contributed by atoms with Gasteiger partial charge in [0.05, 0.1) is 0 Å². The number of nitrogens with zero attached hydrogens (tertiary/aromatic N) is 2. The molecule has 0 N–H and O–H groups in total. The maximum Gasteiger partial charge on any atom is 0.159 e. The number of aromatic nitrogens is 2. The molecule has 2 heteroatoms. The van der Waals surface area contributed by atoms with Gasteiger partial charge in [-0.25, -0.2) is 9.97 Å². The summed E-state index contributed by atoms with van der Waals surface area (Å²) in [6.45, 7) is 0. The van der Waals surface area contributed by atoms with Crippen molar-refractivity contribution in [2.75, 3.05) is 0 Å². The summed E-state index contributed by atoms with van der Waals surface area (Å²) in [4.78, 5) is 9.00. The van der Waals surface area contributed by atoms with Crippen molar-refractivity contribution in [1.82, 2.24) is 9.97 Å². The highest BCUT2D eigenvalue weighted by molar-refractivity contribution is 5.54. The predicted octanol–water partition coefficient (Wildman–Crippen LogP) is 3.93. The summed E-state index contributed by atoms with van der Waals surface area (Å²) in [6.07, 6.45) is 3.79. The molecule has 0 saturated carbocycles. The van der Waals surface area contributed by atoms with Crippen LogP contribution in [0, 0.1) is 0 Å². The van der Waals surface area contributed by atoms with Crippen molar-refractivity contribution in [3.05, 3.63) is 84.2 Å². The molecule has 1 heterocycles. The van der Waals surface area contributed by atoms with Gasteiger partial charge in [0.15, 0.2) is 5.82 Å². The van der Waals surface area contributed by atoms with E-state index in [2.05, 4.69) is 34.2 Å². The average molecular weight is 260 g/mol. The number of aryl methyl sites for hydroxylation is 2. The molecule has 2 nitrogen and oxygen atoms in total. The Labute approximate surface area is 119 Å². The highest BCUT2D eigenvalue weighted by Gasteiger charge is 2.02. The summed E-state index contributed by atoms with van der Waals surface area (Å²) in [7, 11) is 0. The standard InChI is InChI=1S/C18H16N2/c1-3-7-15(8-4-1)11-12-17-13-14-19-18(20-17)16-9-5-2-6-10-16/h1-10,13-14H,11-12H2. The van der Waals surface area contributed by atoms with Gasteiger partial charge in [0, 0.05) is 17.5 Å². The van der Waals surface area contributed by atoms with Crippen LogP contribution in [0.15, 0.2) is 72.9 Å². The quantitative estimate of drug-likeness (QED) is 0.710. The van der Waals surface area contributed by atoms with Crippen molar-refractivity contribution < 1.29 is 0 Å². The lowest BCUT2D eigenvalue weighted by Crippen LogP contribution is -1.97. The molecular weight excluding hydrogens is 244 g/mol. The fraction of sp³-hybridized carbons (Fsp3) is 0.111. The normalized spacial score (nSPS) is 10.4. The van der Waals surface area contributed by atoms with Gasteiger partial charge < -0.3 is 0 Å². The average Bonchev–Trinajstić information content (AvgIpc) is 2.55. The van der Waals surface area contributed by atoms with E-state index in [1.165, 1.54) is 5.56 Å². The van der Waals surface area contributed by atoms with Gasteiger partial charge in [-0.3, -0.25) is 0 Å². The van der Waals surface area contributed by atoms with Crippen molar-refractivity contribution in [3.8, 4) is 11.4 Å². The molecule has 3 rings (SSSR count). The van der Waals surface area contributed by atoms with Crippen LogP contribution in [0.25, 0.3) is 11.4 Å². The van der Waals surface area contributed by atoms with Gasteiger partial charge in [-0.2, -0.15) is 0 Å². The van der Waals surface area contributed by atoms with E-state index in [-0.39, 0.29) is 0 Å². The number of benzene rings is 2. The summed E-state index contributed by atoms with van der Waals surface area (Å²) in [6, 6.07) is 22.6. The second-order valence-electron chi connectivity index (χ2n) is 4.72. The molecule has 0 aliphatic heterocycles. The highest BCUT2D eigenvalue weighted by Crippen LogP contribution is 2.14. The first kappa shape index (κ1) is 12.5. The molecule has 0 aliphatic rings. The van der Waals surface area contributed by atoms with Crippen molar-refractivity contribution in [2.24, 2.45) is 0 Å². The van der Waals surface area contributed by atoms with E-state index >= 15 is 0 Å². The molecular formula is C18H16N2. The van der Waals surface area contributed by atoms with Crippen LogP contribution >= 0.6 is 0 Å². The molecule has 0 atom stereocenters. The Bertz CT molecular complexity index is 663. The predicted molar refractivity (Wildman–Crippen MR) is 81.3 cm³/mol. The van der Waals surface area contributed by atoms with Crippen LogP contribution in [-0.2, 0) is 12.8 Å². The van der Waals surface area contributed by atoms with E-state index in [0.29, 0.717) is 0 Å². The summed E-state index contributed by atoms with van der Waals surface area (Å²) in [5.74, 6) is 0.802. The van der Waals surface area contributed by atoms with Crippen LogP contribution in [-0.4, -0.2) is 9.97 Å². The van der Waals surface area contributed by atoms with E-state index in [4.69, 9.17) is 0 Å². The van der Waals surface area contributed by atoms with E-state index in [1.807, 2.05) is 48.7 Å². The minimum absolute atomic E-state index is 0.802. The third kappa shape index (κ3) is 3.09. The summed E-state index contributed by atoms with van der Waals surface area (Å²) in [5.41, 5.74) is 3.49. The molecule has 0 saturated heterocycles. The molecule has 0 radical (unpaired) electrons. The van der Waals surface area contributed by atoms with Crippen molar-refractivity contribution in [2.45, 2.75) is 12.8 Å². The first-order valence-corrected chi connectivity index (χ1v) is 6.83. The van der Waals surface area contributed by atoms with Crippen LogP contribution in [0.2, 0.25) is 0 Å². The topological polar surface area (TPSA) is 25.8 Å². The second kappa shape index (κ2) is 6.11. The molecule has 1 aromatic heterocycles. The fourth-order valence-electron chi connectivity index (χ4n) is 2.18. The van der Waals surface area contributed by atoms with Crippen LogP contribution in [0.5, 0.6) is 0 Å². The Morgan fingerprint density at radius 2 is 1.40 bits per heavy atom. The van der Waals surface area contributed by atoms with Gasteiger partial charge in [0.25, 0.3) is 0 Å². The fourth-order valence-corrected chi connectivity index (χ4v) is 2.18. The van der Waals surface area contributed by atoms with Crippen LogP contribution in [0.3, 0.4) is 0 Å². The van der Waals surface area contributed by atoms with Crippen LogP contribution in [0.4, 0.5) is 0 Å². The zero-order chi connectivity index (χ0) is 13.6. The lowest BCUT2D eigenvalue weighted by molar-refractivity contribution is 0.904. The van der Waals surface area contributed by atoms with Crippen molar-refractivity contribution in [3.63, 3.8) is 0 Å². The van der Waals surface area contributed by atoms with Gasteiger partial charge in [0.2, 0.25) is 0 Å². The minimum atomic E-state index is 0.802. The van der Waals surface area contributed by atoms with Gasteiger partial charge in [0.1, 0.15) is 0 Å². The van der Waals surface area contributed by atoms with E-state index in [1.54, 1.807) is 0 Å². The van der Waals surface area contributed by atoms with Crippen molar-refractivity contribution in [1.29, 1.82) is 0 Å². The molecule has 0 bridgehead atoms. The highest BCUT2D eigenvalue weighted by atomic mass is 14.9. The van der Waals surface area contributed by atoms with Gasteiger partial charge in [-0.1, -0.05) is 60.7 Å². The molecule has 0 unspecified atom stereocenters. The third-order valence-corrected chi connectivity index (χ3v) is 3.26. The Kier molecular flexibility index (Phi) is 3.83. The first-order valence-electron chi connectivity index (χ1n) is 6.83. The smallest absolute Gasteiger partial charge is 0.159 e. The third-order valence-electron chi connectivity index (χ3n) is 3.26. The maximum atomic E-state index is 4.65. The number of hydrogen-bond acceptors (Lipinski definition) is 2. The Hall–Kier alpha value is -2.48. The zero-order valence-electron chi connectivity index (χ0n) is 11.2. The van der Waals surface area contributed by atoms with Gasteiger partial charge in [-0.05, 0) is 24.5 Å². The molecule has 0 amide bonds. The van der Waals surface area contributed by atoms with Crippen LogP contribution < -0.4 is 0 Å². The SMILES string of the molecule is c1ccc(CCc2ccnc(-c3ccccc3)n2)cc1. The van der Waals surface area contributed by atoms with Crippen LogP contribution in [0.1, 0.15) is 11.3 Å².